The molecule has 1 N–H and O–H groups in total. The van der Waals surface area contributed by atoms with E-state index in [1.54, 1.807) is 33.6 Å². The fraction of sp³-hybridized carbons (Fsp3) is 0.393. The van der Waals surface area contributed by atoms with Gasteiger partial charge in [0.1, 0.15) is 40.6 Å². The first-order chi connectivity index (χ1) is 18.4. The van der Waals surface area contributed by atoms with E-state index >= 15 is 0 Å². The molecular formula is C28H34N4O6. The number of carbonyl (C=O) groups is 1. The molecular weight excluding hydrogens is 488 g/mol. The number of carbonyl (C=O) groups excluding carboxylic acids is 1. The Labute approximate surface area is 222 Å². The van der Waals surface area contributed by atoms with E-state index in [2.05, 4.69) is 15.2 Å². The predicted molar refractivity (Wildman–Crippen MR) is 144 cm³/mol. The summed E-state index contributed by atoms with van der Waals surface area (Å²) in [6, 6.07) is 11.1. The molecule has 0 bridgehead atoms. The number of rotatable bonds is 10. The first kappa shape index (κ1) is 26.8. The van der Waals surface area contributed by atoms with Gasteiger partial charge >= 0.3 is 5.97 Å². The van der Waals surface area contributed by atoms with Crippen molar-refractivity contribution < 1.29 is 28.5 Å². The number of anilines is 2. The molecule has 10 nitrogen and oxygen atoms in total. The van der Waals surface area contributed by atoms with Crippen molar-refractivity contribution in [2.24, 2.45) is 0 Å². The molecule has 202 valence electrons. The number of aryl methyl sites for hydroxylation is 1. The highest BCUT2D eigenvalue weighted by molar-refractivity contribution is 5.95. The number of benzene rings is 1. The number of aromatic nitrogens is 2. The monoisotopic (exact) mass is 522 g/mol. The van der Waals surface area contributed by atoms with Gasteiger partial charge in [-0.15, -0.1) is 0 Å². The molecule has 4 rings (SSSR count). The summed E-state index contributed by atoms with van der Waals surface area (Å²) in [6.07, 6.45) is 3.42. The van der Waals surface area contributed by atoms with Gasteiger partial charge in [-0.2, -0.15) is 0 Å². The normalized spacial score (nSPS) is 13.6. The summed E-state index contributed by atoms with van der Waals surface area (Å²) >= 11 is 0. The van der Waals surface area contributed by atoms with Gasteiger partial charge in [-0.25, -0.2) is 14.8 Å². The predicted octanol–water partition coefficient (Wildman–Crippen LogP) is 4.26. The van der Waals surface area contributed by atoms with E-state index in [-0.39, 0.29) is 6.10 Å². The fourth-order valence-corrected chi connectivity index (χ4v) is 4.44. The highest BCUT2D eigenvalue weighted by Crippen LogP contribution is 2.30. The summed E-state index contributed by atoms with van der Waals surface area (Å²) in [5.74, 6) is 3.49. The third-order valence-electron chi connectivity index (χ3n) is 6.49. The second kappa shape index (κ2) is 12.4. The van der Waals surface area contributed by atoms with Crippen LogP contribution in [0.1, 0.15) is 34.3 Å². The van der Waals surface area contributed by atoms with Crippen molar-refractivity contribution in [3.05, 3.63) is 59.3 Å². The van der Waals surface area contributed by atoms with Crippen molar-refractivity contribution in [2.75, 3.05) is 51.7 Å². The van der Waals surface area contributed by atoms with E-state index in [1.807, 2.05) is 37.3 Å². The van der Waals surface area contributed by atoms with Crippen LogP contribution in [-0.2, 0) is 11.3 Å². The van der Waals surface area contributed by atoms with Crippen LogP contribution in [0, 0.1) is 6.92 Å². The first-order valence-corrected chi connectivity index (χ1v) is 12.4. The molecule has 1 aliphatic rings. The number of nitrogens with zero attached hydrogens (tertiary/aromatic N) is 3. The van der Waals surface area contributed by atoms with E-state index in [1.165, 1.54) is 7.11 Å². The van der Waals surface area contributed by atoms with Gasteiger partial charge in [0, 0.05) is 50.2 Å². The Kier molecular flexibility index (Phi) is 8.73. The minimum atomic E-state index is -0.448. The zero-order valence-corrected chi connectivity index (χ0v) is 22.4. The standard InChI is InChI=1S/C28H34N4O6/c1-18-14-23(28(33)37-5)26(30-16-19-6-7-21(34-2)15-24(19)35-3)31-27(18)32-12-10-20(11-13-32)38-22-8-9-25(36-4)29-17-22/h6-9,14-15,17,20H,10-13,16H2,1-5H3,(H,30,31). The van der Waals surface area contributed by atoms with Gasteiger partial charge in [-0.05, 0) is 36.8 Å². The quantitative estimate of drug-likeness (QED) is 0.389. The maximum absolute atomic E-state index is 12.6. The molecule has 0 radical (unpaired) electrons. The molecule has 1 fully saturated rings. The van der Waals surface area contributed by atoms with Crippen LogP contribution in [0.2, 0.25) is 0 Å². The van der Waals surface area contributed by atoms with Crippen LogP contribution < -0.4 is 29.2 Å². The molecule has 0 amide bonds. The van der Waals surface area contributed by atoms with Crippen LogP contribution in [0.5, 0.6) is 23.1 Å². The third-order valence-corrected chi connectivity index (χ3v) is 6.49. The second-order valence-corrected chi connectivity index (χ2v) is 8.89. The molecule has 3 heterocycles. The minimum absolute atomic E-state index is 0.0798. The Bertz CT molecular complexity index is 1240. The Hall–Kier alpha value is -4.21. The van der Waals surface area contributed by atoms with E-state index in [0.717, 1.165) is 48.6 Å². The number of piperidine rings is 1. The summed E-state index contributed by atoms with van der Waals surface area (Å²) in [7, 11) is 6.17. The van der Waals surface area contributed by atoms with Crippen molar-refractivity contribution in [1.82, 2.24) is 9.97 Å². The number of methoxy groups -OCH3 is 4. The molecule has 38 heavy (non-hydrogen) atoms. The third kappa shape index (κ3) is 6.19. The minimum Gasteiger partial charge on any atom is -0.497 e. The van der Waals surface area contributed by atoms with Crippen LogP contribution in [0.15, 0.2) is 42.6 Å². The lowest BCUT2D eigenvalue weighted by atomic mass is 10.1. The van der Waals surface area contributed by atoms with Crippen LogP contribution >= 0.6 is 0 Å². The maximum atomic E-state index is 12.6. The zero-order chi connectivity index (χ0) is 27.1. The van der Waals surface area contributed by atoms with Crippen LogP contribution in [-0.4, -0.2) is 63.6 Å². The van der Waals surface area contributed by atoms with Crippen molar-refractivity contribution >= 4 is 17.6 Å². The SMILES string of the molecule is COC(=O)c1cc(C)c(N2CCC(Oc3ccc(OC)nc3)CC2)nc1NCc1ccc(OC)cc1OC. The second-order valence-electron chi connectivity index (χ2n) is 8.89. The van der Waals surface area contributed by atoms with Gasteiger partial charge in [0.15, 0.2) is 0 Å². The van der Waals surface area contributed by atoms with Gasteiger partial charge in [0.25, 0.3) is 0 Å². The van der Waals surface area contributed by atoms with Crippen LogP contribution in [0.4, 0.5) is 11.6 Å². The molecule has 0 aliphatic carbocycles. The average molecular weight is 523 g/mol. The van der Waals surface area contributed by atoms with E-state index in [4.69, 9.17) is 28.7 Å². The highest BCUT2D eigenvalue weighted by atomic mass is 16.5. The Morgan fingerprint density at radius 2 is 1.76 bits per heavy atom. The topological polar surface area (TPSA) is 104 Å². The number of pyridine rings is 2. The van der Waals surface area contributed by atoms with Crippen molar-refractivity contribution in [3.8, 4) is 23.1 Å². The highest BCUT2D eigenvalue weighted by Gasteiger charge is 2.25. The van der Waals surface area contributed by atoms with E-state index in [0.29, 0.717) is 35.3 Å². The first-order valence-electron chi connectivity index (χ1n) is 12.4. The lowest BCUT2D eigenvalue weighted by molar-refractivity contribution is 0.0601. The average Bonchev–Trinajstić information content (AvgIpc) is 2.96. The lowest BCUT2D eigenvalue weighted by Crippen LogP contribution is -2.39. The molecule has 0 spiro atoms. The molecule has 2 aromatic heterocycles. The lowest BCUT2D eigenvalue weighted by Gasteiger charge is -2.34. The van der Waals surface area contributed by atoms with Gasteiger partial charge < -0.3 is 33.9 Å². The summed E-state index contributed by atoms with van der Waals surface area (Å²) in [4.78, 5) is 23.9. The van der Waals surface area contributed by atoms with E-state index < -0.39 is 5.97 Å². The smallest absolute Gasteiger partial charge is 0.341 e. The maximum Gasteiger partial charge on any atom is 0.341 e. The van der Waals surface area contributed by atoms with Crippen molar-refractivity contribution in [3.63, 3.8) is 0 Å². The molecule has 3 aromatic rings. The molecule has 1 aliphatic heterocycles. The van der Waals surface area contributed by atoms with Crippen molar-refractivity contribution in [1.29, 1.82) is 0 Å². The number of hydrogen-bond donors (Lipinski definition) is 1. The molecule has 0 saturated carbocycles. The molecule has 1 saturated heterocycles. The molecule has 0 unspecified atom stereocenters. The van der Waals surface area contributed by atoms with Gasteiger partial charge in [0.2, 0.25) is 5.88 Å². The largest absolute Gasteiger partial charge is 0.497 e. The summed E-state index contributed by atoms with van der Waals surface area (Å²) in [6.45, 7) is 3.89. The number of esters is 1. The summed E-state index contributed by atoms with van der Waals surface area (Å²) in [5.41, 5.74) is 2.18. The zero-order valence-electron chi connectivity index (χ0n) is 22.4. The fourth-order valence-electron chi connectivity index (χ4n) is 4.44. The van der Waals surface area contributed by atoms with E-state index in [9.17, 15) is 4.79 Å². The van der Waals surface area contributed by atoms with Crippen LogP contribution in [0.3, 0.4) is 0 Å². The molecule has 1 aromatic carbocycles. The van der Waals surface area contributed by atoms with Crippen LogP contribution in [0.25, 0.3) is 0 Å². The molecule has 10 heteroatoms. The number of nitrogens with one attached hydrogen (secondary N) is 1. The number of ether oxygens (including phenoxy) is 5. The van der Waals surface area contributed by atoms with Gasteiger partial charge in [-0.1, -0.05) is 0 Å². The number of hydrogen-bond acceptors (Lipinski definition) is 10. The summed E-state index contributed by atoms with van der Waals surface area (Å²) in [5, 5.41) is 3.31. The Balaban J connectivity index is 1.49. The molecule has 0 atom stereocenters. The van der Waals surface area contributed by atoms with Gasteiger partial charge in [-0.3, -0.25) is 0 Å². The summed E-state index contributed by atoms with van der Waals surface area (Å²) < 4.78 is 27.1. The van der Waals surface area contributed by atoms with Crippen molar-refractivity contribution in [2.45, 2.75) is 32.4 Å². The Morgan fingerprint density at radius 1 is 1.00 bits per heavy atom. The Morgan fingerprint density at radius 3 is 2.39 bits per heavy atom. The van der Waals surface area contributed by atoms with Gasteiger partial charge in [0.05, 0.1) is 34.6 Å².